The highest BCUT2D eigenvalue weighted by molar-refractivity contribution is 9.10. The summed E-state index contributed by atoms with van der Waals surface area (Å²) in [6, 6.07) is 25.2. The largest absolute Gasteiger partial charge is 0.481 e. The quantitative estimate of drug-likeness (QED) is 0.298. The van der Waals surface area contributed by atoms with E-state index in [0.29, 0.717) is 17.1 Å². The van der Waals surface area contributed by atoms with Gasteiger partial charge in [-0.3, -0.25) is 4.79 Å². The molecule has 30 heavy (non-hydrogen) atoms. The fourth-order valence-electron chi connectivity index (χ4n) is 3.06. The van der Waals surface area contributed by atoms with E-state index in [1.54, 1.807) is 30.0 Å². The number of fused-ring (bicyclic) bond motifs is 1. The number of aliphatic carboxylic acids is 1. The van der Waals surface area contributed by atoms with Crippen LogP contribution < -0.4 is 4.74 Å². The molecule has 0 fully saturated rings. The van der Waals surface area contributed by atoms with Gasteiger partial charge in [0.15, 0.2) is 0 Å². The second kappa shape index (κ2) is 9.32. The Hall–Kier alpha value is -2.83. The normalized spacial score (nSPS) is 10.8. The van der Waals surface area contributed by atoms with Crippen LogP contribution in [0, 0.1) is 0 Å². The number of hydrogen-bond acceptors (Lipinski definition) is 4. The molecule has 3 aromatic carbocycles. The zero-order valence-corrected chi connectivity index (χ0v) is 18.3. The molecule has 0 atom stereocenters. The van der Waals surface area contributed by atoms with Crippen molar-refractivity contribution >= 4 is 44.6 Å². The molecule has 0 aliphatic carbocycles. The predicted octanol–water partition coefficient (Wildman–Crippen LogP) is 6.71. The Morgan fingerprint density at radius 3 is 2.73 bits per heavy atom. The summed E-state index contributed by atoms with van der Waals surface area (Å²) in [5.74, 6) is 1.18. The highest BCUT2D eigenvalue weighted by atomic mass is 79.9. The molecule has 0 aliphatic heterocycles. The third kappa shape index (κ3) is 5.20. The SMILES string of the molecule is O=C(O)Cc1cccc(Oc2ccc(Br)cc2CSc2ccc3ccccc3n2)c1. The average molecular weight is 480 g/mol. The molecule has 0 aliphatic rings. The van der Waals surface area contributed by atoms with Crippen molar-refractivity contribution in [2.24, 2.45) is 0 Å². The number of aromatic nitrogens is 1. The van der Waals surface area contributed by atoms with Crippen molar-refractivity contribution in [2.75, 3.05) is 0 Å². The summed E-state index contributed by atoms with van der Waals surface area (Å²) < 4.78 is 7.07. The standard InChI is InChI=1S/C24H18BrNO3S/c25-19-9-10-22(29-20-6-3-4-16(12-20)13-24(27)28)18(14-19)15-30-23-11-8-17-5-1-2-7-21(17)26-23/h1-12,14H,13,15H2,(H,27,28). The number of pyridine rings is 1. The van der Waals surface area contributed by atoms with Crippen LogP contribution in [0.3, 0.4) is 0 Å². The van der Waals surface area contributed by atoms with Gasteiger partial charge in [0, 0.05) is 21.2 Å². The van der Waals surface area contributed by atoms with Crippen LogP contribution in [0.4, 0.5) is 0 Å². The van der Waals surface area contributed by atoms with Crippen LogP contribution in [0.1, 0.15) is 11.1 Å². The fraction of sp³-hybridized carbons (Fsp3) is 0.0833. The van der Waals surface area contributed by atoms with Crippen molar-refractivity contribution < 1.29 is 14.6 Å². The van der Waals surface area contributed by atoms with Gasteiger partial charge in [0.1, 0.15) is 11.5 Å². The number of halogens is 1. The molecule has 0 saturated heterocycles. The maximum Gasteiger partial charge on any atom is 0.307 e. The van der Waals surface area contributed by atoms with Crippen LogP contribution >= 0.6 is 27.7 Å². The number of ether oxygens (including phenoxy) is 1. The van der Waals surface area contributed by atoms with E-state index in [4.69, 9.17) is 14.8 Å². The second-order valence-electron chi connectivity index (χ2n) is 6.70. The Bertz CT molecular complexity index is 1210. The lowest BCUT2D eigenvalue weighted by Gasteiger charge is -2.12. The monoisotopic (exact) mass is 479 g/mol. The Balaban J connectivity index is 1.53. The van der Waals surface area contributed by atoms with Gasteiger partial charge in [-0.2, -0.15) is 0 Å². The first-order valence-corrected chi connectivity index (χ1v) is 11.1. The van der Waals surface area contributed by atoms with E-state index in [1.807, 2.05) is 48.5 Å². The zero-order chi connectivity index (χ0) is 20.9. The molecule has 4 nitrogen and oxygen atoms in total. The lowest BCUT2D eigenvalue weighted by Crippen LogP contribution is -2.00. The summed E-state index contributed by atoms with van der Waals surface area (Å²) in [7, 11) is 0. The van der Waals surface area contributed by atoms with Crippen LogP contribution in [0.15, 0.2) is 88.4 Å². The molecule has 0 saturated carbocycles. The predicted molar refractivity (Wildman–Crippen MR) is 123 cm³/mol. The van der Waals surface area contributed by atoms with Crippen LogP contribution in [-0.2, 0) is 17.0 Å². The first-order chi connectivity index (χ1) is 14.6. The maximum atomic E-state index is 11.0. The molecule has 0 bridgehead atoms. The first-order valence-electron chi connectivity index (χ1n) is 9.32. The van der Waals surface area contributed by atoms with Crippen LogP contribution in [0.2, 0.25) is 0 Å². The van der Waals surface area contributed by atoms with Crippen molar-refractivity contribution in [3.8, 4) is 11.5 Å². The molecule has 0 unspecified atom stereocenters. The van der Waals surface area contributed by atoms with E-state index < -0.39 is 5.97 Å². The van der Waals surface area contributed by atoms with E-state index in [1.165, 1.54) is 0 Å². The summed E-state index contributed by atoms with van der Waals surface area (Å²) in [4.78, 5) is 15.7. The van der Waals surface area contributed by atoms with E-state index in [0.717, 1.165) is 31.7 Å². The van der Waals surface area contributed by atoms with Gasteiger partial charge in [0.05, 0.1) is 17.0 Å². The van der Waals surface area contributed by atoms with Gasteiger partial charge in [-0.25, -0.2) is 4.98 Å². The van der Waals surface area contributed by atoms with Crippen molar-refractivity contribution in [1.82, 2.24) is 4.98 Å². The van der Waals surface area contributed by atoms with Crippen molar-refractivity contribution in [3.05, 3.63) is 94.5 Å². The lowest BCUT2D eigenvalue weighted by molar-refractivity contribution is -0.136. The topological polar surface area (TPSA) is 59.4 Å². The smallest absolute Gasteiger partial charge is 0.307 e. The number of benzene rings is 3. The van der Waals surface area contributed by atoms with Gasteiger partial charge in [0.25, 0.3) is 0 Å². The summed E-state index contributed by atoms with van der Waals surface area (Å²) in [5, 5.41) is 11.1. The first kappa shape index (κ1) is 20.4. The number of hydrogen-bond donors (Lipinski definition) is 1. The van der Waals surface area contributed by atoms with E-state index in [9.17, 15) is 4.79 Å². The highest BCUT2D eigenvalue weighted by Gasteiger charge is 2.09. The van der Waals surface area contributed by atoms with Crippen LogP contribution in [0.25, 0.3) is 10.9 Å². The van der Waals surface area contributed by atoms with Gasteiger partial charge >= 0.3 is 5.97 Å². The molecule has 0 amide bonds. The molecule has 6 heteroatoms. The van der Waals surface area contributed by atoms with Crippen molar-refractivity contribution in [1.29, 1.82) is 0 Å². The minimum atomic E-state index is -0.865. The van der Waals surface area contributed by atoms with Crippen molar-refractivity contribution in [2.45, 2.75) is 17.2 Å². The van der Waals surface area contributed by atoms with Crippen molar-refractivity contribution in [3.63, 3.8) is 0 Å². The molecular weight excluding hydrogens is 462 g/mol. The van der Waals surface area contributed by atoms with Gasteiger partial charge < -0.3 is 9.84 Å². The summed E-state index contributed by atoms with van der Waals surface area (Å²) >= 11 is 5.18. The molecule has 0 radical (unpaired) electrons. The van der Waals surface area contributed by atoms with E-state index in [-0.39, 0.29) is 6.42 Å². The number of rotatable bonds is 7. The Morgan fingerprint density at radius 1 is 1.00 bits per heavy atom. The van der Waals surface area contributed by atoms with E-state index in [2.05, 4.69) is 28.1 Å². The molecule has 0 spiro atoms. The molecule has 150 valence electrons. The number of carboxylic acid groups (broad SMARTS) is 1. The molecule has 1 heterocycles. The number of para-hydroxylation sites is 1. The number of thioether (sulfide) groups is 1. The van der Waals surface area contributed by atoms with Gasteiger partial charge in [0.2, 0.25) is 0 Å². The number of nitrogens with zero attached hydrogens (tertiary/aromatic N) is 1. The Labute approximate surface area is 187 Å². The summed E-state index contributed by atoms with van der Waals surface area (Å²) in [6.07, 6.45) is -0.0338. The molecule has 4 rings (SSSR count). The second-order valence-corrected chi connectivity index (χ2v) is 8.61. The Morgan fingerprint density at radius 2 is 1.87 bits per heavy atom. The number of carbonyl (C=O) groups is 1. The average Bonchev–Trinajstić information content (AvgIpc) is 2.73. The van der Waals surface area contributed by atoms with E-state index >= 15 is 0 Å². The summed E-state index contributed by atoms with van der Waals surface area (Å²) in [6.45, 7) is 0. The minimum absolute atomic E-state index is 0.0338. The third-order valence-corrected chi connectivity index (χ3v) is 5.92. The van der Waals surface area contributed by atoms with Crippen LogP contribution in [-0.4, -0.2) is 16.1 Å². The molecular formula is C24H18BrNO3S. The molecule has 1 N–H and O–H groups in total. The molecule has 4 aromatic rings. The third-order valence-electron chi connectivity index (χ3n) is 4.45. The fourth-order valence-corrected chi connectivity index (χ4v) is 4.32. The van der Waals surface area contributed by atoms with Gasteiger partial charge in [-0.05, 0) is 48.0 Å². The van der Waals surface area contributed by atoms with Gasteiger partial charge in [-0.15, -0.1) is 11.8 Å². The highest BCUT2D eigenvalue weighted by Crippen LogP contribution is 2.33. The van der Waals surface area contributed by atoms with Crippen LogP contribution in [0.5, 0.6) is 11.5 Å². The Kier molecular flexibility index (Phi) is 6.35. The lowest BCUT2D eigenvalue weighted by atomic mass is 10.1. The number of carboxylic acids is 1. The maximum absolute atomic E-state index is 11.0. The zero-order valence-electron chi connectivity index (χ0n) is 15.9. The van der Waals surface area contributed by atoms with Gasteiger partial charge in [-0.1, -0.05) is 52.3 Å². The minimum Gasteiger partial charge on any atom is -0.481 e. The summed E-state index contributed by atoms with van der Waals surface area (Å²) in [5.41, 5.74) is 2.70. The molecule has 1 aromatic heterocycles.